The van der Waals surface area contributed by atoms with Gasteiger partial charge >= 0.3 is 12.0 Å². The van der Waals surface area contributed by atoms with Gasteiger partial charge in [-0.1, -0.05) is 12.8 Å². The van der Waals surface area contributed by atoms with Gasteiger partial charge in [0.05, 0.1) is 11.3 Å². The molecule has 148 valence electrons. The lowest BCUT2D eigenvalue weighted by atomic mass is 10.2. The number of nitrogens with one attached hydrogen (secondary N) is 2. The van der Waals surface area contributed by atoms with Crippen molar-refractivity contribution >= 4 is 17.9 Å². The maximum atomic E-state index is 12.3. The van der Waals surface area contributed by atoms with Crippen molar-refractivity contribution in [2.45, 2.75) is 51.7 Å². The zero-order chi connectivity index (χ0) is 20.1. The van der Waals surface area contributed by atoms with Crippen molar-refractivity contribution in [1.82, 2.24) is 20.4 Å². The molecule has 1 saturated carbocycles. The monoisotopic (exact) mass is 384 g/mol. The van der Waals surface area contributed by atoms with Crippen LogP contribution in [0.2, 0.25) is 0 Å². The maximum Gasteiger partial charge on any atom is 0.338 e. The van der Waals surface area contributed by atoms with Crippen LogP contribution in [-0.2, 0) is 9.53 Å². The van der Waals surface area contributed by atoms with E-state index in [-0.39, 0.29) is 6.04 Å². The highest BCUT2D eigenvalue weighted by Crippen LogP contribution is 2.17. The van der Waals surface area contributed by atoms with E-state index in [0.29, 0.717) is 5.56 Å². The minimum atomic E-state index is -1.09. The number of rotatable bonds is 5. The molecule has 1 aliphatic rings. The van der Waals surface area contributed by atoms with Crippen LogP contribution in [0.3, 0.4) is 0 Å². The first kappa shape index (κ1) is 19.6. The van der Waals surface area contributed by atoms with Crippen LogP contribution >= 0.6 is 0 Å². The predicted octanol–water partition coefficient (Wildman–Crippen LogP) is 2.49. The zero-order valence-corrected chi connectivity index (χ0v) is 16.0. The highest BCUT2D eigenvalue weighted by atomic mass is 16.5. The summed E-state index contributed by atoms with van der Waals surface area (Å²) < 4.78 is 6.91. The second kappa shape index (κ2) is 8.69. The average Bonchev–Trinajstić information content (AvgIpc) is 3.33. The number of aromatic nitrogens is 2. The molecule has 28 heavy (non-hydrogen) atoms. The van der Waals surface area contributed by atoms with Gasteiger partial charge in [0.15, 0.2) is 6.10 Å². The molecule has 1 aliphatic carbocycles. The van der Waals surface area contributed by atoms with Crippen molar-refractivity contribution in [1.29, 1.82) is 0 Å². The van der Waals surface area contributed by atoms with Crippen molar-refractivity contribution in [2.75, 3.05) is 0 Å². The van der Waals surface area contributed by atoms with Gasteiger partial charge in [0.1, 0.15) is 0 Å². The Balaban J connectivity index is 1.52. The lowest BCUT2D eigenvalue weighted by molar-refractivity contribution is -0.127. The smallest absolute Gasteiger partial charge is 0.338 e. The van der Waals surface area contributed by atoms with Crippen LogP contribution < -0.4 is 10.6 Å². The topological polar surface area (TPSA) is 102 Å². The quantitative estimate of drug-likeness (QED) is 0.771. The number of benzene rings is 1. The van der Waals surface area contributed by atoms with E-state index in [1.165, 1.54) is 6.92 Å². The molecular weight excluding hydrogens is 360 g/mol. The number of imide groups is 1. The first-order chi connectivity index (χ1) is 13.4. The molecule has 1 aromatic carbocycles. The number of amides is 3. The molecule has 1 heterocycles. The average molecular weight is 384 g/mol. The molecule has 0 aliphatic heterocycles. The Hall–Kier alpha value is -3.16. The van der Waals surface area contributed by atoms with Gasteiger partial charge in [0.25, 0.3) is 5.91 Å². The minimum absolute atomic E-state index is 0.0996. The second-order valence-corrected chi connectivity index (χ2v) is 6.92. The molecule has 3 rings (SSSR count). The summed E-state index contributed by atoms with van der Waals surface area (Å²) in [6.07, 6.45) is 4.59. The van der Waals surface area contributed by atoms with E-state index in [9.17, 15) is 14.4 Å². The van der Waals surface area contributed by atoms with Crippen LogP contribution in [0, 0.1) is 6.92 Å². The maximum absolute atomic E-state index is 12.3. The molecule has 8 heteroatoms. The van der Waals surface area contributed by atoms with E-state index in [1.807, 2.05) is 13.0 Å². The van der Waals surface area contributed by atoms with Gasteiger partial charge in [0, 0.05) is 17.9 Å². The van der Waals surface area contributed by atoms with E-state index in [1.54, 1.807) is 35.1 Å². The number of nitrogens with zero attached hydrogens (tertiary/aromatic N) is 2. The molecule has 0 saturated heterocycles. The number of aryl methyl sites for hydroxylation is 1. The molecule has 3 amide bonds. The van der Waals surface area contributed by atoms with Crippen LogP contribution in [0.15, 0.2) is 36.5 Å². The molecular formula is C20H24N4O4. The fourth-order valence-corrected chi connectivity index (χ4v) is 3.17. The van der Waals surface area contributed by atoms with Gasteiger partial charge in [0.2, 0.25) is 0 Å². The third-order valence-corrected chi connectivity index (χ3v) is 4.76. The lowest BCUT2D eigenvalue weighted by Crippen LogP contribution is -2.47. The highest BCUT2D eigenvalue weighted by Gasteiger charge is 2.23. The van der Waals surface area contributed by atoms with Crippen molar-refractivity contribution in [3.8, 4) is 5.69 Å². The SMILES string of the molecule is Cc1ccnn1-c1ccc(C(=O)O[C@H](C)C(=O)NC(=O)NC2CCCC2)cc1. The van der Waals surface area contributed by atoms with E-state index < -0.39 is 24.0 Å². The van der Waals surface area contributed by atoms with Crippen LogP contribution in [0.5, 0.6) is 0 Å². The van der Waals surface area contributed by atoms with Crippen molar-refractivity contribution in [3.05, 3.63) is 47.8 Å². The summed E-state index contributed by atoms with van der Waals surface area (Å²) >= 11 is 0. The predicted molar refractivity (Wildman–Crippen MR) is 102 cm³/mol. The summed E-state index contributed by atoms with van der Waals surface area (Å²) in [4.78, 5) is 36.2. The summed E-state index contributed by atoms with van der Waals surface area (Å²) in [5.41, 5.74) is 2.09. The van der Waals surface area contributed by atoms with Crippen molar-refractivity contribution in [2.24, 2.45) is 0 Å². The van der Waals surface area contributed by atoms with E-state index >= 15 is 0 Å². The molecule has 2 aromatic rings. The largest absolute Gasteiger partial charge is 0.449 e. The summed E-state index contributed by atoms with van der Waals surface area (Å²) in [5.74, 6) is -1.30. The summed E-state index contributed by atoms with van der Waals surface area (Å²) in [5, 5.41) is 9.18. The Bertz CT molecular complexity index is 853. The number of hydrogen-bond donors (Lipinski definition) is 2. The molecule has 0 radical (unpaired) electrons. The molecule has 2 N–H and O–H groups in total. The fourth-order valence-electron chi connectivity index (χ4n) is 3.17. The molecule has 0 spiro atoms. The van der Waals surface area contributed by atoms with E-state index in [4.69, 9.17) is 4.74 Å². The van der Waals surface area contributed by atoms with Gasteiger partial charge in [-0.25, -0.2) is 14.3 Å². The standard InChI is InChI=1S/C20H24N4O4/c1-13-11-12-21-24(13)17-9-7-15(8-10-17)19(26)28-14(2)18(25)23-20(27)22-16-5-3-4-6-16/h7-12,14,16H,3-6H2,1-2H3,(H2,22,23,25,27)/t14-/m1/s1. The van der Waals surface area contributed by atoms with Gasteiger partial charge in [-0.3, -0.25) is 10.1 Å². The normalized spacial score (nSPS) is 15.1. The van der Waals surface area contributed by atoms with E-state index in [2.05, 4.69) is 15.7 Å². The molecule has 1 aromatic heterocycles. The number of hydrogen-bond acceptors (Lipinski definition) is 5. The summed E-state index contributed by atoms with van der Waals surface area (Å²) in [7, 11) is 0. The Morgan fingerprint density at radius 1 is 1.14 bits per heavy atom. The second-order valence-electron chi connectivity index (χ2n) is 6.92. The van der Waals surface area contributed by atoms with Gasteiger partial charge < -0.3 is 10.1 Å². The Kier molecular flexibility index (Phi) is 6.08. The van der Waals surface area contributed by atoms with Crippen LogP contribution in [0.1, 0.15) is 48.7 Å². The van der Waals surface area contributed by atoms with Gasteiger partial charge in [-0.2, -0.15) is 5.10 Å². The van der Waals surface area contributed by atoms with Gasteiger partial charge in [-0.05, 0) is 57.0 Å². The number of ether oxygens (including phenoxy) is 1. The third-order valence-electron chi connectivity index (χ3n) is 4.76. The zero-order valence-electron chi connectivity index (χ0n) is 16.0. The van der Waals surface area contributed by atoms with Crippen LogP contribution in [0.4, 0.5) is 4.79 Å². The number of esters is 1. The van der Waals surface area contributed by atoms with Crippen LogP contribution in [-0.4, -0.2) is 39.8 Å². The van der Waals surface area contributed by atoms with Crippen molar-refractivity contribution in [3.63, 3.8) is 0 Å². The fraction of sp³-hybridized carbons (Fsp3) is 0.400. The Morgan fingerprint density at radius 3 is 2.43 bits per heavy atom. The Morgan fingerprint density at radius 2 is 1.82 bits per heavy atom. The first-order valence-corrected chi connectivity index (χ1v) is 9.37. The number of carbonyl (C=O) groups excluding carboxylic acids is 3. The van der Waals surface area contributed by atoms with E-state index in [0.717, 1.165) is 37.1 Å². The Labute approximate surface area is 163 Å². The molecule has 0 bridgehead atoms. The summed E-state index contributed by atoms with van der Waals surface area (Å²) in [6.45, 7) is 3.36. The third kappa shape index (κ3) is 4.76. The summed E-state index contributed by atoms with van der Waals surface area (Å²) in [6, 6.07) is 8.13. The lowest BCUT2D eigenvalue weighted by Gasteiger charge is -2.15. The molecule has 1 fully saturated rings. The number of carbonyl (C=O) groups is 3. The first-order valence-electron chi connectivity index (χ1n) is 9.37. The molecule has 1 atom stereocenters. The minimum Gasteiger partial charge on any atom is -0.449 e. The highest BCUT2D eigenvalue weighted by molar-refractivity contribution is 5.98. The van der Waals surface area contributed by atoms with Gasteiger partial charge in [-0.15, -0.1) is 0 Å². The van der Waals surface area contributed by atoms with Crippen LogP contribution in [0.25, 0.3) is 5.69 Å². The number of urea groups is 1. The molecule has 8 nitrogen and oxygen atoms in total. The van der Waals surface area contributed by atoms with Crippen molar-refractivity contribution < 1.29 is 19.1 Å². The molecule has 0 unspecified atom stereocenters.